The Kier molecular flexibility index (Phi) is 5.98. The second kappa shape index (κ2) is 8.41. The largest absolute Gasteiger partial charge is 0.344 e. The average Bonchev–Trinajstić information content (AvgIpc) is 2.99. The van der Waals surface area contributed by atoms with Crippen molar-refractivity contribution in [2.24, 2.45) is 0 Å². The van der Waals surface area contributed by atoms with Crippen molar-refractivity contribution in [3.05, 3.63) is 75.4 Å². The lowest BCUT2D eigenvalue weighted by Gasteiger charge is -2.12. The van der Waals surface area contributed by atoms with E-state index in [1.54, 1.807) is 6.92 Å². The summed E-state index contributed by atoms with van der Waals surface area (Å²) in [5.74, 6) is -0.872. The molecule has 140 valence electrons. The monoisotopic (exact) mass is 406 g/mol. The van der Waals surface area contributed by atoms with E-state index in [1.807, 2.05) is 30.3 Å². The van der Waals surface area contributed by atoms with Crippen LogP contribution < -0.4 is 11.0 Å². The van der Waals surface area contributed by atoms with Gasteiger partial charge in [-0.1, -0.05) is 53.7 Å². The van der Waals surface area contributed by atoms with E-state index >= 15 is 0 Å². The molecule has 27 heavy (non-hydrogen) atoms. The number of nitrogens with zero attached hydrogens (tertiary/aromatic N) is 2. The number of aromatic amines is 1. The van der Waals surface area contributed by atoms with Crippen LogP contribution in [-0.2, 0) is 11.3 Å². The molecule has 0 aliphatic rings. The van der Waals surface area contributed by atoms with Crippen LogP contribution in [0.1, 0.15) is 12.5 Å². The molecule has 0 saturated carbocycles. The first-order valence-corrected chi connectivity index (χ1v) is 9.31. The molecule has 0 saturated heterocycles. The number of H-pyrrole nitrogens is 1. The SMILES string of the molecule is CC(Sc1n[nH]c(=O)n1Cc1ccccc1)C(=O)Nc1ccc(F)c(Cl)c1. The summed E-state index contributed by atoms with van der Waals surface area (Å²) in [6.07, 6.45) is 0. The standard InChI is InChI=1S/C18H16ClFN4O2S/c1-11(16(25)21-13-7-8-15(20)14(19)9-13)27-18-23-22-17(26)24(18)10-12-5-3-2-4-6-12/h2-9,11H,10H2,1H3,(H,21,25)(H,22,26). The minimum Gasteiger partial charge on any atom is -0.325 e. The van der Waals surface area contributed by atoms with E-state index in [9.17, 15) is 14.0 Å². The minimum absolute atomic E-state index is 0.0721. The fraction of sp³-hybridized carbons (Fsp3) is 0.167. The van der Waals surface area contributed by atoms with Gasteiger partial charge in [0.15, 0.2) is 5.16 Å². The van der Waals surface area contributed by atoms with Crippen molar-refractivity contribution in [1.29, 1.82) is 0 Å². The quantitative estimate of drug-likeness (QED) is 0.614. The first-order chi connectivity index (χ1) is 12.9. The lowest BCUT2D eigenvalue weighted by Crippen LogP contribution is -2.24. The highest BCUT2D eigenvalue weighted by Gasteiger charge is 2.19. The van der Waals surface area contributed by atoms with Crippen LogP contribution in [0, 0.1) is 5.82 Å². The summed E-state index contributed by atoms with van der Waals surface area (Å²) >= 11 is 6.87. The fourth-order valence-electron chi connectivity index (χ4n) is 2.33. The molecule has 6 nitrogen and oxygen atoms in total. The zero-order valence-electron chi connectivity index (χ0n) is 14.3. The Hall–Kier alpha value is -2.58. The van der Waals surface area contributed by atoms with Crippen LogP contribution in [0.25, 0.3) is 0 Å². The highest BCUT2D eigenvalue weighted by molar-refractivity contribution is 8.00. The highest BCUT2D eigenvalue weighted by atomic mass is 35.5. The van der Waals surface area contributed by atoms with Gasteiger partial charge in [0, 0.05) is 5.69 Å². The Morgan fingerprint density at radius 1 is 1.33 bits per heavy atom. The first-order valence-electron chi connectivity index (χ1n) is 8.05. The van der Waals surface area contributed by atoms with Crippen molar-refractivity contribution in [2.75, 3.05) is 5.32 Å². The Morgan fingerprint density at radius 3 is 2.78 bits per heavy atom. The third-order valence-corrected chi connectivity index (χ3v) is 5.13. The smallest absolute Gasteiger partial charge is 0.325 e. The normalized spacial score (nSPS) is 12.0. The molecule has 1 heterocycles. The number of benzene rings is 2. The average molecular weight is 407 g/mol. The number of aromatic nitrogens is 3. The molecule has 2 N–H and O–H groups in total. The summed E-state index contributed by atoms with van der Waals surface area (Å²) < 4.78 is 14.7. The topological polar surface area (TPSA) is 79.8 Å². The van der Waals surface area contributed by atoms with E-state index in [4.69, 9.17) is 11.6 Å². The molecule has 1 atom stereocenters. The number of hydrogen-bond donors (Lipinski definition) is 2. The summed E-state index contributed by atoms with van der Waals surface area (Å²) in [5, 5.41) is 8.88. The van der Waals surface area contributed by atoms with Gasteiger partial charge in [0.25, 0.3) is 0 Å². The first kappa shape index (κ1) is 19.2. The van der Waals surface area contributed by atoms with Gasteiger partial charge < -0.3 is 5.32 Å². The van der Waals surface area contributed by atoms with E-state index in [1.165, 1.54) is 22.8 Å². The van der Waals surface area contributed by atoms with Gasteiger partial charge in [-0.3, -0.25) is 9.36 Å². The van der Waals surface area contributed by atoms with Gasteiger partial charge in [0.1, 0.15) is 5.82 Å². The highest BCUT2D eigenvalue weighted by Crippen LogP contribution is 2.23. The molecule has 0 aliphatic carbocycles. The number of halogens is 2. The van der Waals surface area contributed by atoms with E-state index < -0.39 is 11.1 Å². The molecule has 1 amide bonds. The number of anilines is 1. The zero-order chi connectivity index (χ0) is 19.4. The second-order valence-electron chi connectivity index (χ2n) is 5.76. The molecule has 9 heteroatoms. The van der Waals surface area contributed by atoms with Crippen LogP contribution in [0.4, 0.5) is 10.1 Å². The van der Waals surface area contributed by atoms with Crippen molar-refractivity contribution in [3.63, 3.8) is 0 Å². The Balaban J connectivity index is 1.70. The van der Waals surface area contributed by atoms with Crippen LogP contribution in [0.2, 0.25) is 5.02 Å². The summed E-state index contributed by atoms with van der Waals surface area (Å²) in [5.41, 5.74) is 0.989. The van der Waals surface area contributed by atoms with E-state index in [0.717, 1.165) is 17.3 Å². The van der Waals surface area contributed by atoms with E-state index in [0.29, 0.717) is 17.4 Å². The van der Waals surface area contributed by atoms with Crippen LogP contribution in [0.15, 0.2) is 58.5 Å². The number of hydrogen-bond acceptors (Lipinski definition) is 4. The molecule has 0 aliphatic heterocycles. The lowest BCUT2D eigenvalue weighted by atomic mass is 10.2. The van der Waals surface area contributed by atoms with E-state index in [-0.39, 0.29) is 16.6 Å². The van der Waals surface area contributed by atoms with Crippen LogP contribution in [0.3, 0.4) is 0 Å². The number of carbonyl (C=O) groups is 1. The van der Waals surface area contributed by atoms with Crippen LogP contribution in [-0.4, -0.2) is 25.9 Å². The Bertz CT molecular complexity index is 1010. The molecule has 1 unspecified atom stereocenters. The number of thioether (sulfide) groups is 1. The van der Waals surface area contributed by atoms with Gasteiger partial charge in [-0.2, -0.15) is 0 Å². The van der Waals surface area contributed by atoms with Gasteiger partial charge >= 0.3 is 5.69 Å². The molecule has 0 spiro atoms. The van der Waals surface area contributed by atoms with Crippen molar-refractivity contribution in [2.45, 2.75) is 23.9 Å². The minimum atomic E-state index is -0.557. The predicted octanol–water partition coefficient (Wildman–Crippen LogP) is 3.53. The third-order valence-electron chi connectivity index (χ3n) is 3.75. The lowest BCUT2D eigenvalue weighted by molar-refractivity contribution is -0.115. The molecule has 3 rings (SSSR count). The zero-order valence-corrected chi connectivity index (χ0v) is 15.9. The van der Waals surface area contributed by atoms with Gasteiger partial charge in [-0.05, 0) is 30.7 Å². The number of amides is 1. The molecular weight excluding hydrogens is 391 g/mol. The van der Waals surface area contributed by atoms with Crippen molar-refractivity contribution < 1.29 is 9.18 Å². The Morgan fingerprint density at radius 2 is 2.07 bits per heavy atom. The predicted molar refractivity (Wildman–Crippen MR) is 104 cm³/mol. The summed E-state index contributed by atoms with van der Waals surface area (Å²) in [7, 11) is 0. The van der Waals surface area contributed by atoms with Gasteiger partial charge in [-0.15, -0.1) is 5.10 Å². The van der Waals surface area contributed by atoms with Crippen LogP contribution in [0.5, 0.6) is 0 Å². The van der Waals surface area contributed by atoms with Crippen molar-refractivity contribution in [1.82, 2.24) is 14.8 Å². The Labute approximate surface area is 163 Å². The summed E-state index contributed by atoms with van der Waals surface area (Å²) in [6.45, 7) is 2.04. The maximum absolute atomic E-state index is 13.2. The fourth-order valence-corrected chi connectivity index (χ4v) is 3.36. The van der Waals surface area contributed by atoms with Gasteiger partial charge in [-0.25, -0.2) is 14.3 Å². The molecule has 3 aromatic rings. The molecule has 0 radical (unpaired) electrons. The summed E-state index contributed by atoms with van der Waals surface area (Å²) in [4.78, 5) is 24.4. The van der Waals surface area contributed by atoms with Crippen molar-refractivity contribution in [3.8, 4) is 0 Å². The summed E-state index contributed by atoms with van der Waals surface area (Å²) in [6, 6.07) is 13.4. The molecule has 1 aromatic heterocycles. The molecule has 2 aromatic carbocycles. The van der Waals surface area contributed by atoms with Crippen molar-refractivity contribution >= 4 is 35.0 Å². The number of rotatable bonds is 6. The second-order valence-corrected chi connectivity index (χ2v) is 7.48. The van der Waals surface area contributed by atoms with Gasteiger partial charge in [0.05, 0.1) is 16.8 Å². The number of carbonyl (C=O) groups excluding carboxylic acids is 1. The molecular formula is C18H16ClFN4O2S. The van der Waals surface area contributed by atoms with Crippen LogP contribution >= 0.6 is 23.4 Å². The van der Waals surface area contributed by atoms with E-state index in [2.05, 4.69) is 15.5 Å². The maximum Gasteiger partial charge on any atom is 0.344 e. The van der Waals surface area contributed by atoms with Gasteiger partial charge in [0.2, 0.25) is 5.91 Å². The maximum atomic E-state index is 13.2. The third kappa shape index (κ3) is 4.78. The molecule has 0 fully saturated rings. The molecule has 0 bridgehead atoms. The number of nitrogens with one attached hydrogen (secondary N) is 2.